The maximum atomic E-state index is 6.46. The fourth-order valence-electron chi connectivity index (χ4n) is 2.78. The van der Waals surface area contributed by atoms with Crippen LogP contribution in [-0.4, -0.2) is 30.4 Å². The van der Waals surface area contributed by atoms with E-state index in [1.165, 1.54) is 6.33 Å². The van der Waals surface area contributed by atoms with Crippen molar-refractivity contribution in [1.82, 2.24) is 30.4 Å². The molecule has 0 fully saturated rings. The highest BCUT2D eigenvalue weighted by molar-refractivity contribution is 5.65. The Balaban J connectivity index is 1.67. The number of para-hydroxylation sites is 1. The van der Waals surface area contributed by atoms with Crippen LogP contribution in [0.25, 0.3) is 17.1 Å². The Kier molecular flexibility index (Phi) is 4.02. The lowest BCUT2D eigenvalue weighted by molar-refractivity contribution is 0.355. The average molecular weight is 347 g/mol. The lowest BCUT2D eigenvalue weighted by Crippen LogP contribution is -2.35. The molecule has 4 rings (SSSR count). The summed E-state index contributed by atoms with van der Waals surface area (Å²) in [5.41, 5.74) is 8.26. The minimum Gasteiger partial charge on any atom is -0.419 e. The van der Waals surface area contributed by atoms with Crippen LogP contribution in [0.1, 0.15) is 18.4 Å². The lowest BCUT2D eigenvalue weighted by Gasteiger charge is -2.20. The predicted octanol–water partition coefficient (Wildman–Crippen LogP) is 2.13. The Morgan fingerprint density at radius 1 is 1.04 bits per heavy atom. The highest BCUT2D eigenvalue weighted by atomic mass is 16.4. The largest absolute Gasteiger partial charge is 0.419 e. The van der Waals surface area contributed by atoms with Gasteiger partial charge in [-0.15, -0.1) is 15.3 Å². The van der Waals surface area contributed by atoms with Crippen LogP contribution in [0.3, 0.4) is 0 Å². The Labute approximate surface area is 149 Å². The molecule has 0 bridgehead atoms. The van der Waals surface area contributed by atoms with E-state index in [-0.39, 0.29) is 0 Å². The van der Waals surface area contributed by atoms with Crippen molar-refractivity contribution in [2.75, 3.05) is 0 Å². The monoisotopic (exact) mass is 347 g/mol. The van der Waals surface area contributed by atoms with Gasteiger partial charge in [0.1, 0.15) is 6.33 Å². The maximum absolute atomic E-state index is 6.46. The summed E-state index contributed by atoms with van der Waals surface area (Å²) >= 11 is 0. The van der Waals surface area contributed by atoms with Crippen LogP contribution in [0.4, 0.5) is 0 Å². The second kappa shape index (κ2) is 6.49. The van der Waals surface area contributed by atoms with Crippen molar-refractivity contribution < 1.29 is 4.42 Å². The molecule has 2 aromatic heterocycles. The molecular weight excluding hydrogens is 330 g/mol. The van der Waals surface area contributed by atoms with Gasteiger partial charge in [0, 0.05) is 0 Å². The average Bonchev–Trinajstić information content (AvgIpc) is 3.35. The van der Waals surface area contributed by atoms with E-state index in [0.717, 1.165) is 16.8 Å². The number of rotatable bonds is 5. The van der Waals surface area contributed by atoms with Crippen LogP contribution in [0.2, 0.25) is 0 Å². The molecule has 1 atom stereocenters. The van der Waals surface area contributed by atoms with Crippen molar-refractivity contribution >= 4 is 0 Å². The molecule has 130 valence electrons. The molecule has 0 saturated heterocycles. The summed E-state index contributed by atoms with van der Waals surface area (Å²) in [5.74, 6) is 0.749. The van der Waals surface area contributed by atoms with Gasteiger partial charge >= 0.3 is 0 Å². The third kappa shape index (κ3) is 3.09. The summed E-state index contributed by atoms with van der Waals surface area (Å²) in [5, 5.41) is 19.6. The van der Waals surface area contributed by atoms with Crippen molar-refractivity contribution in [3.05, 3.63) is 72.4 Å². The third-order valence-corrected chi connectivity index (χ3v) is 4.06. The molecular formula is C18H17N7O. The predicted molar refractivity (Wildman–Crippen MR) is 94.1 cm³/mol. The molecule has 0 spiro atoms. The second-order valence-electron chi connectivity index (χ2n) is 6.26. The first kappa shape index (κ1) is 16.1. The fourth-order valence-corrected chi connectivity index (χ4v) is 2.78. The van der Waals surface area contributed by atoms with Gasteiger partial charge < -0.3 is 10.2 Å². The molecule has 8 heteroatoms. The Morgan fingerprint density at radius 3 is 2.58 bits per heavy atom. The summed E-state index contributed by atoms with van der Waals surface area (Å²) in [6.45, 7) is 1.88. The van der Waals surface area contributed by atoms with Crippen LogP contribution in [-0.2, 0) is 12.0 Å². The molecule has 0 amide bonds. The van der Waals surface area contributed by atoms with Crippen molar-refractivity contribution in [1.29, 1.82) is 0 Å². The second-order valence-corrected chi connectivity index (χ2v) is 6.26. The highest BCUT2D eigenvalue weighted by Gasteiger charge is 2.29. The number of hydrogen-bond acceptors (Lipinski definition) is 7. The number of benzene rings is 2. The zero-order chi connectivity index (χ0) is 18.0. The van der Waals surface area contributed by atoms with E-state index in [2.05, 4.69) is 25.7 Å². The topological polar surface area (TPSA) is 109 Å². The van der Waals surface area contributed by atoms with Gasteiger partial charge in [-0.05, 0) is 41.5 Å². The minimum atomic E-state index is -0.781. The van der Waals surface area contributed by atoms with E-state index >= 15 is 0 Å². The zero-order valence-corrected chi connectivity index (χ0v) is 14.1. The molecule has 0 aliphatic rings. The molecule has 4 aromatic rings. The number of nitrogens with zero attached hydrogens (tertiary/aromatic N) is 6. The lowest BCUT2D eigenvalue weighted by atomic mass is 9.94. The number of hydrogen-bond donors (Lipinski definition) is 1. The van der Waals surface area contributed by atoms with Gasteiger partial charge in [0.15, 0.2) is 0 Å². The Bertz CT molecular complexity index is 993. The van der Waals surface area contributed by atoms with Gasteiger partial charge in [0.25, 0.3) is 0 Å². The molecule has 26 heavy (non-hydrogen) atoms. The van der Waals surface area contributed by atoms with Crippen LogP contribution >= 0.6 is 0 Å². The summed E-state index contributed by atoms with van der Waals surface area (Å²) in [6, 6.07) is 17.5. The van der Waals surface area contributed by atoms with Gasteiger partial charge in [-0.2, -0.15) is 4.68 Å². The van der Waals surface area contributed by atoms with E-state index < -0.39 is 5.54 Å². The Hall–Kier alpha value is -3.39. The maximum Gasteiger partial charge on any atom is 0.250 e. The molecule has 0 aliphatic carbocycles. The zero-order valence-electron chi connectivity index (χ0n) is 14.1. The van der Waals surface area contributed by atoms with Gasteiger partial charge in [-0.1, -0.05) is 42.5 Å². The van der Waals surface area contributed by atoms with Crippen molar-refractivity contribution in [3.63, 3.8) is 0 Å². The molecule has 2 N–H and O–H groups in total. The van der Waals surface area contributed by atoms with E-state index in [1.54, 1.807) is 4.68 Å². The standard InChI is InChI=1S/C18H17N7O/c1-18(19,11-13-7-3-2-4-8-13)17-22-21-16(26-17)14-9-5-6-10-15(14)25-12-20-23-24-25/h2-10,12H,11,19H2,1H3/t18-/m1/s1. The first-order valence-corrected chi connectivity index (χ1v) is 8.13. The highest BCUT2D eigenvalue weighted by Crippen LogP contribution is 2.28. The van der Waals surface area contributed by atoms with Crippen LogP contribution in [0, 0.1) is 0 Å². The first-order valence-electron chi connectivity index (χ1n) is 8.13. The molecule has 0 saturated carbocycles. The van der Waals surface area contributed by atoms with E-state index in [1.807, 2.05) is 61.5 Å². The van der Waals surface area contributed by atoms with E-state index in [4.69, 9.17) is 10.2 Å². The smallest absolute Gasteiger partial charge is 0.250 e. The van der Waals surface area contributed by atoms with Crippen LogP contribution < -0.4 is 5.73 Å². The quantitative estimate of drug-likeness (QED) is 0.589. The summed E-state index contributed by atoms with van der Waals surface area (Å²) in [6.07, 6.45) is 2.10. The van der Waals surface area contributed by atoms with Crippen molar-refractivity contribution in [2.45, 2.75) is 18.9 Å². The van der Waals surface area contributed by atoms with Gasteiger partial charge in [-0.3, -0.25) is 0 Å². The minimum absolute atomic E-state index is 0.371. The van der Waals surface area contributed by atoms with Gasteiger partial charge in [0.05, 0.1) is 16.8 Å². The normalized spacial score (nSPS) is 13.5. The van der Waals surface area contributed by atoms with Gasteiger partial charge in [0.2, 0.25) is 11.8 Å². The molecule has 2 aromatic carbocycles. The number of nitrogens with two attached hydrogens (primary N) is 1. The van der Waals surface area contributed by atoms with Crippen molar-refractivity contribution in [3.8, 4) is 17.1 Å². The summed E-state index contributed by atoms with van der Waals surface area (Å²) in [7, 11) is 0. The summed E-state index contributed by atoms with van der Waals surface area (Å²) in [4.78, 5) is 0. The molecule has 0 unspecified atom stereocenters. The van der Waals surface area contributed by atoms with Crippen LogP contribution in [0.15, 0.2) is 65.3 Å². The van der Waals surface area contributed by atoms with Crippen LogP contribution in [0.5, 0.6) is 0 Å². The number of aromatic nitrogens is 6. The van der Waals surface area contributed by atoms with Gasteiger partial charge in [-0.25, -0.2) is 0 Å². The summed E-state index contributed by atoms with van der Waals surface area (Å²) < 4.78 is 7.46. The number of tetrazole rings is 1. The molecule has 8 nitrogen and oxygen atoms in total. The SMILES string of the molecule is C[C@@](N)(Cc1ccccc1)c1nnc(-c2ccccc2-n2cnnn2)o1. The van der Waals surface area contributed by atoms with Crippen molar-refractivity contribution in [2.24, 2.45) is 5.73 Å². The first-order chi connectivity index (χ1) is 12.6. The molecule has 0 radical (unpaired) electrons. The fraction of sp³-hybridized carbons (Fsp3) is 0.167. The Morgan fingerprint density at radius 2 is 1.81 bits per heavy atom. The van der Waals surface area contributed by atoms with E-state index in [0.29, 0.717) is 18.2 Å². The third-order valence-electron chi connectivity index (χ3n) is 4.06. The molecule has 0 aliphatic heterocycles. The molecule has 2 heterocycles. The van der Waals surface area contributed by atoms with E-state index in [9.17, 15) is 0 Å².